The van der Waals surface area contributed by atoms with Gasteiger partial charge in [0.05, 0.1) is 33.7 Å². The smallest absolute Gasteiger partial charge is 0.349 e. The molecular formula is C21H16N4O6. The van der Waals surface area contributed by atoms with Gasteiger partial charge in [-0.05, 0) is 31.4 Å². The molecule has 10 nitrogen and oxygen atoms in total. The second kappa shape index (κ2) is 6.94. The van der Waals surface area contributed by atoms with Crippen molar-refractivity contribution in [2.45, 2.75) is 25.7 Å². The lowest BCUT2D eigenvalue weighted by molar-refractivity contribution is -0.385. The number of nitrogens with one attached hydrogen (secondary N) is 1. The summed E-state index contributed by atoms with van der Waals surface area (Å²) in [6, 6.07) is 7.68. The summed E-state index contributed by atoms with van der Waals surface area (Å²) in [6.45, 7) is 0. The van der Waals surface area contributed by atoms with Crippen molar-refractivity contribution in [1.29, 1.82) is 0 Å². The molecule has 2 aromatic heterocycles. The maximum absolute atomic E-state index is 12.7. The molecule has 4 aromatic rings. The molecule has 1 aliphatic rings. The molecule has 0 atom stereocenters. The first-order valence-electron chi connectivity index (χ1n) is 9.68. The van der Waals surface area contributed by atoms with Crippen molar-refractivity contribution < 1.29 is 14.4 Å². The number of aryl methyl sites for hydroxylation is 2. The zero-order valence-corrected chi connectivity index (χ0v) is 16.1. The van der Waals surface area contributed by atoms with E-state index in [0.29, 0.717) is 28.4 Å². The number of furan rings is 1. The number of aromatic hydroxyl groups is 1. The van der Waals surface area contributed by atoms with Gasteiger partial charge in [0.15, 0.2) is 0 Å². The van der Waals surface area contributed by atoms with Gasteiger partial charge in [-0.25, -0.2) is 4.79 Å². The summed E-state index contributed by atoms with van der Waals surface area (Å²) in [5.74, 6) is 0.122. The lowest BCUT2D eigenvalue weighted by atomic mass is 9.93. The first kappa shape index (κ1) is 18.8. The van der Waals surface area contributed by atoms with Crippen LogP contribution in [0.2, 0.25) is 0 Å². The largest absolute Gasteiger partial charge is 0.502 e. The average Bonchev–Trinajstić information content (AvgIpc) is 3.12. The van der Waals surface area contributed by atoms with Crippen LogP contribution in [0.3, 0.4) is 0 Å². The molecule has 0 saturated carbocycles. The summed E-state index contributed by atoms with van der Waals surface area (Å²) >= 11 is 0. The van der Waals surface area contributed by atoms with E-state index < -0.39 is 27.6 Å². The molecule has 31 heavy (non-hydrogen) atoms. The van der Waals surface area contributed by atoms with E-state index >= 15 is 0 Å². The zero-order valence-electron chi connectivity index (χ0n) is 16.1. The van der Waals surface area contributed by atoms with E-state index in [-0.39, 0.29) is 16.5 Å². The highest BCUT2D eigenvalue weighted by molar-refractivity contribution is 6.05. The third-order valence-corrected chi connectivity index (χ3v) is 5.52. The Hall–Kier alpha value is -4.21. The summed E-state index contributed by atoms with van der Waals surface area (Å²) in [4.78, 5) is 38.4. The van der Waals surface area contributed by atoms with Gasteiger partial charge in [0.2, 0.25) is 5.75 Å². The van der Waals surface area contributed by atoms with E-state index in [2.05, 4.69) is 10.1 Å². The third kappa shape index (κ3) is 2.91. The molecule has 0 radical (unpaired) electrons. The molecule has 2 aromatic carbocycles. The molecule has 5 rings (SSSR count). The first-order valence-corrected chi connectivity index (χ1v) is 9.68. The molecule has 0 saturated heterocycles. The average molecular weight is 420 g/mol. The number of para-hydroxylation sites is 1. The van der Waals surface area contributed by atoms with Crippen LogP contribution in [0.1, 0.15) is 29.7 Å². The first-order chi connectivity index (χ1) is 15.0. The predicted molar refractivity (Wildman–Crippen MR) is 113 cm³/mol. The number of phenols is 1. The Kier molecular flexibility index (Phi) is 4.21. The minimum absolute atomic E-state index is 0.0376. The SMILES string of the molecule is O=c1[nH]c2ccccc2c(=O)n1/N=C/c1c(O)c([N+](=O)[O-])cc2oc3c(c12)CCCC3. The zero-order chi connectivity index (χ0) is 21.7. The normalized spacial score (nSPS) is 13.8. The van der Waals surface area contributed by atoms with Crippen LogP contribution in [0, 0.1) is 10.1 Å². The van der Waals surface area contributed by atoms with Gasteiger partial charge >= 0.3 is 11.4 Å². The monoisotopic (exact) mass is 420 g/mol. The fraction of sp³-hybridized carbons (Fsp3) is 0.190. The highest BCUT2D eigenvalue weighted by atomic mass is 16.6. The summed E-state index contributed by atoms with van der Waals surface area (Å²) in [6.07, 6.45) is 4.34. The number of phenolic OH excluding ortho intramolecular Hbond substituents is 1. The standard InChI is InChI=1S/C21H16N4O6/c26-19-13(10-22-24-20(27)11-5-1-3-7-14(11)23-21(24)28)18-12-6-2-4-8-16(12)31-17(18)9-15(19)25(29)30/h1,3,5,7,9-10,26H,2,4,6,8H2,(H,23,28)/b22-10+. The number of hydrogen-bond donors (Lipinski definition) is 2. The summed E-state index contributed by atoms with van der Waals surface area (Å²) in [7, 11) is 0. The van der Waals surface area contributed by atoms with Gasteiger partial charge in [-0.1, -0.05) is 12.1 Å². The van der Waals surface area contributed by atoms with Gasteiger partial charge in [0.1, 0.15) is 11.3 Å². The van der Waals surface area contributed by atoms with Gasteiger partial charge in [-0.2, -0.15) is 5.10 Å². The molecular weight excluding hydrogens is 404 g/mol. The van der Waals surface area contributed by atoms with Crippen LogP contribution in [0.25, 0.3) is 21.9 Å². The van der Waals surface area contributed by atoms with Crippen molar-refractivity contribution in [2.24, 2.45) is 5.10 Å². The Bertz CT molecular complexity index is 1530. The third-order valence-electron chi connectivity index (χ3n) is 5.52. The maximum Gasteiger partial charge on any atom is 0.349 e. The van der Waals surface area contributed by atoms with Crippen LogP contribution in [0.4, 0.5) is 5.69 Å². The summed E-state index contributed by atoms with van der Waals surface area (Å²) in [5, 5.41) is 26.8. The minimum Gasteiger partial charge on any atom is -0.502 e. The number of aromatic amines is 1. The Morgan fingerprint density at radius 1 is 1.23 bits per heavy atom. The van der Waals surface area contributed by atoms with Crippen LogP contribution >= 0.6 is 0 Å². The molecule has 0 amide bonds. The van der Waals surface area contributed by atoms with Crippen LogP contribution in [0.15, 0.2) is 49.4 Å². The fourth-order valence-electron chi connectivity index (χ4n) is 4.07. The van der Waals surface area contributed by atoms with Crippen molar-refractivity contribution in [3.63, 3.8) is 0 Å². The van der Waals surface area contributed by atoms with Crippen molar-refractivity contribution in [1.82, 2.24) is 9.66 Å². The number of fused-ring (bicyclic) bond motifs is 4. The number of nitrogens with zero attached hydrogens (tertiary/aromatic N) is 3. The van der Waals surface area contributed by atoms with Gasteiger partial charge in [0.25, 0.3) is 5.56 Å². The lowest BCUT2D eigenvalue weighted by Crippen LogP contribution is -2.32. The molecule has 0 aliphatic heterocycles. The highest BCUT2D eigenvalue weighted by Gasteiger charge is 2.27. The van der Waals surface area contributed by atoms with Crippen LogP contribution < -0.4 is 11.2 Å². The Balaban J connectivity index is 1.77. The van der Waals surface area contributed by atoms with Crippen LogP contribution in [0.5, 0.6) is 5.75 Å². The van der Waals surface area contributed by atoms with E-state index in [4.69, 9.17) is 4.42 Å². The van der Waals surface area contributed by atoms with Crippen molar-refractivity contribution in [2.75, 3.05) is 0 Å². The molecule has 1 aliphatic carbocycles. The minimum atomic E-state index is -0.768. The van der Waals surface area contributed by atoms with Gasteiger partial charge in [-0.15, -0.1) is 4.68 Å². The maximum atomic E-state index is 12.7. The van der Waals surface area contributed by atoms with E-state index in [1.54, 1.807) is 24.3 Å². The number of nitro groups is 1. The van der Waals surface area contributed by atoms with E-state index in [1.165, 1.54) is 6.07 Å². The summed E-state index contributed by atoms with van der Waals surface area (Å²) in [5.41, 5.74) is -0.435. The molecule has 0 unspecified atom stereocenters. The second-order valence-electron chi connectivity index (χ2n) is 7.34. The summed E-state index contributed by atoms with van der Waals surface area (Å²) < 4.78 is 6.44. The molecule has 10 heteroatoms. The molecule has 0 spiro atoms. The van der Waals surface area contributed by atoms with Crippen LogP contribution in [-0.4, -0.2) is 25.9 Å². The molecule has 0 fully saturated rings. The quantitative estimate of drug-likeness (QED) is 0.296. The van der Waals surface area contributed by atoms with Gasteiger partial charge in [0, 0.05) is 17.4 Å². The van der Waals surface area contributed by atoms with Crippen molar-refractivity contribution in [3.05, 3.63) is 78.2 Å². The molecule has 156 valence electrons. The lowest BCUT2D eigenvalue weighted by Gasteiger charge is -2.10. The fourth-order valence-corrected chi connectivity index (χ4v) is 4.07. The van der Waals surface area contributed by atoms with Crippen molar-refractivity contribution >= 4 is 33.8 Å². The number of nitro benzene ring substituents is 1. The molecule has 2 heterocycles. The Morgan fingerprint density at radius 2 is 2.00 bits per heavy atom. The second-order valence-corrected chi connectivity index (χ2v) is 7.34. The number of rotatable bonds is 3. The number of hydrogen-bond acceptors (Lipinski definition) is 7. The van der Waals surface area contributed by atoms with E-state index in [0.717, 1.165) is 30.4 Å². The number of benzene rings is 2. The van der Waals surface area contributed by atoms with Gasteiger partial charge < -0.3 is 14.5 Å². The van der Waals surface area contributed by atoms with Crippen LogP contribution in [-0.2, 0) is 12.8 Å². The van der Waals surface area contributed by atoms with Crippen molar-refractivity contribution in [3.8, 4) is 5.75 Å². The molecule has 2 N–H and O–H groups in total. The number of aromatic nitrogens is 2. The highest BCUT2D eigenvalue weighted by Crippen LogP contribution is 2.41. The Labute approximate surface area is 173 Å². The predicted octanol–water partition coefficient (Wildman–Crippen LogP) is 2.81. The van der Waals surface area contributed by atoms with Gasteiger partial charge in [-0.3, -0.25) is 14.9 Å². The van der Waals surface area contributed by atoms with E-state index in [9.17, 15) is 24.8 Å². The Morgan fingerprint density at radius 3 is 2.81 bits per heavy atom. The number of H-pyrrole nitrogens is 1. The van der Waals surface area contributed by atoms with E-state index in [1.807, 2.05) is 0 Å². The molecule has 0 bridgehead atoms. The topological polar surface area (TPSA) is 144 Å².